The lowest BCUT2D eigenvalue weighted by atomic mass is 9.95. The third-order valence-electron chi connectivity index (χ3n) is 5.54. The van der Waals surface area contributed by atoms with Crippen molar-refractivity contribution >= 4 is 17.4 Å². The summed E-state index contributed by atoms with van der Waals surface area (Å²) in [5.74, 6) is -0.229. The Balaban J connectivity index is 1.99. The van der Waals surface area contributed by atoms with E-state index in [-0.39, 0.29) is 30.6 Å². The molecule has 0 radical (unpaired) electrons. The second-order valence-corrected chi connectivity index (χ2v) is 8.45. The Morgan fingerprint density at radius 2 is 1.65 bits per heavy atom. The largest absolute Gasteiger partial charge is 0.507 e. The van der Waals surface area contributed by atoms with Gasteiger partial charge in [-0.05, 0) is 62.2 Å². The van der Waals surface area contributed by atoms with Crippen molar-refractivity contribution in [3.63, 3.8) is 0 Å². The Kier molecular flexibility index (Phi) is 8.71. The van der Waals surface area contributed by atoms with Crippen molar-refractivity contribution in [1.29, 1.82) is 0 Å². The number of nitrogens with zero attached hydrogens (tertiary/aromatic N) is 1. The number of aliphatic hydroxyl groups is 1. The predicted molar refractivity (Wildman–Crippen MR) is 130 cm³/mol. The fourth-order valence-electron chi connectivity index (χ4n) is 3.85. The predicted octanol–water partition coefficient (Wildman–Crippen LogP) is 4.72. The van der Waals surface area contributed by atoms with Crippen LogP contribution < -0.4 is 9.47 Å². The number of hydrogen-bond acceptors (Lipinski definition) is 6. The standard InChI is InChI=1S/C27H33NO6/c1-5-6-16-33-21-11-7-19(8-12-21)24-23(26(30)27(31)28(24)15-17-32-4)25(29)20-9-13-22(14-10-20)34-18(2)3/h7-14,18,24,29H,5-6,15-17H2,1-4H3/b25-23-. The van der Waals surface area contributed by atoms with Gasteiger partial charge >= 0.3 is 0 Å². The minimum Gasteiger partial charge on any atom is -0.507 e. The minimum atomic E-state index is -0.730. The van der Waals surface area contributed by atoms with Gasteiger partial charge in [-0.1, -0.05) is 25.5 Å². The van der Waals surface area contributed by atoms with Crippen molar-refractivity contribution in [3.8, 4) is 11.5 Å². The lowest BCUT2D eigenvalue weighted by Gasteiger charge is -2.25. The summed E-state index contributed by atoms with van der Waals surface area (Å²) in [5, 5.41) is 11.1. The average Bonchev–Trinajstić information content (AvgIpc) is 3.08. The number of rotatable bonds is 11. The maximum Gasteiger partial charge on any atom is 0.295 e. The van der Waals surface area contributed by atoms with E-state index in [2.05, 4.69) is 6.92 Å². The number of aliphatic hydroxyl groups excluding tert-OH is 1. The van der Waals surface area contributed by atoms with Crippen LogP contribution in [0.15, 0.2) is 54.1 Å². The van der Waals surface area contributed by atoms with E-state index in [1.807, 2.05) is 38.1 Å². The average molecular weight is 468 g/mol. The number of unbranched alkanes of at least 4 members (excludes halogenated alkanes) is 1. The molecule has 7 heteroatoms. The van der Waals surface area contributed by atoms with Crippen molar-refractivity contribution in [2.75, 3.05) is 26.9 Å². The molecular formula is C27H33NO6. The fraction of sp³-hybridized carbons (Fsp3) is 0.407. The summed E-state index contributed by atoms with van der Waals surface area (Å²) in [7, 11) is 1.54. The van der Waals surface area contributed by atoms with Crippen LogP contribution in [-0.2, 0) is 14.3 Å². The smallest absolute Gasteiger partial charge is 0.295 e. The molecule has 1 heterocycles. The van der Waals surface area contributed by atoms with Crippen molar-refractivity contribution in [2.24, 2.45) is 0 Å². The first-order valence-electron chi connectivity index (χ1n) is 11.6. The molecule has 0 spiro atoms. The third-order valence-corrected chi connectivity index (χ3v) is 5.54. The molecule has 0 saturated carbocycles. The van der Waals surface area contributed by atoms with Crippen LogP contribution in [0.25, 0.3) is 5.76 Å². The van der Waals surface area contributed by atoms with E-state index in [1.54, 1.807) is 24.3 Å². The molecule has 34 heavy (non-hydrogen) atoms. The topological polar surface area (TPSA) is 85.3 Å². The van der Waals surface area contributed by atoms with Crippen molar-refractivity contribution in [3.05, 3.63) is 65.2 Å². The van der Waals surface area contributed by atoms with Gasteiger partial charge < -0.3 is 24.2 Å². The number of benzene rings is 2. The molecule has 2 aromatic rings. The monoisotopic (exact) mass is 467 g/mol. The molecule has 7 nitrogen and oxygen atoms in total. The number of carbonyl (C=O) groups excluding carboxylic acids is 2. The van der Waals surface area contributed by atoms with Crippen LogP contribution in [0.5, 0.6) is 11.5 Å². The van der Waals surface area contributed by atoms with Crippen LogP contribution in [0.3, 0.4) is 0 Å². The molecule has 1 atom stereocenters. The van der Waals surface area contributed by atoms with Crippen LogP contribution in [-0.4, -0.2) is 54.7 Å². The van der Waals surface area contributed by atoms with Gasteiger partial charge in [0, 0.05) is 19.2 Å². The first kappa shape index (κ1) is 25.3. The molecule has 1 aliphatic rings. The molecule has 0 aromatic heterocycles. The number of likely N-dealkylation sites (tertiary alicyclic amines) is 1. The lowest BCUT2D eigenvalue weighted by Crippen LogP contribution is -2.32. The first-order valence-corrected chi connectivity index (χ1v) is 11.6. The number of carbonyl (C=O) groups is 2. The second-order valence-electron chi connectivity index (χ2n) is 8.45. The molecule has 0 bridgehead atoms. The van der Waals surface area contributed by atoms with E-state index in [9.17, 15) is 14.7 Å². The van der Waals surface area contributed by atoms with Gasteiger partial charge in [0.05, 0.1) is 30.9 Å². The molecular weight excluding hydrogens is 434 g/mol. The highest BCUT2D eigenvalue weighted by Gasteiger charge is 2.45. The highest BCUT2D eigenvalue weighted by Crippen LogP contribution is 2.39. The molecule has 3 rings (SSSR count). The van der Waals surface area contributed by atoms with Crippen LogP contribution in [0.4, 0.5) is 0 Å². The Morgan fingerprint density at radius 1 is 1.00 bits per heavy atom. The molecule has 1 amide bonds. The van der Waals surface area contributed by atoms with E-state index >= 15 is 0 Å². The van der Waals surface area contributed by atoms with Crippen LogP contribution in [0, 0.1) is 0 Å². The summed E-state index contributed by atoms with van der Waals surface area (Å²) in [6.07, 6.45) is 2.01. The molecule has 1 unspecified atom stereocenters. The van der Waals surface area contributed by atoms with Gasteiger partial charge in [0.1, 0.15) is 17.3 Å². The molecule has 2 aromatic carbocycles. The Labute approximate surface area is 200 Å². The van der Waals surface area contributed by atoms with Crippen LogP contribution in [0.2, 0.25) is 0 Å². The zero-order valence-electron chi connectivity index (χ0n) is 20.2. The first-order chi connectivity index (χ1) is 16.4. The second kappa shape index (κ2) is 11.7. The zero-order valence-corrected chi connectivity index (χ0v) is 20.2. The van der Waals surface area contributed by atoms with Gasteiger partial charge in [-0.2, -0.15) is 0 Å². The van der Waals surface area contributed by atoms with Gasteiger partial charge in [-0.3, -0.25) is 9.59 Å². The van der Waals surface area contributed by atoms with E-state index in [0.29, 0.717) is 29.2 Å². The Hall–Kier alpha value is -3.32. The van der Waals surface area contributed by atoms with E-state index in [4.69, 9.17) is 14.2 Å². The van der Waals surface area contributed by atoms with Crippen LogP contribution in [0.1, 0.15) is 50.8 Å². The van der Waals surface area contributed by atoms with E-state index in [0.717, 1.165) is 12.8 Å². The third kappa shape index (κ3) is 5.78. The lowest BCUT2D eigenvalue weighted by molar-refractivity contribution is -0.140. The number of hydrogen-bond donors (Lipinski definition) is 1. The minimum absolute atomic E-state index is 0.0134. The number of ether oxygens (including phenoxy) is 3. The molecule has 1 N–H and O–H groups in total. The Bertz CT molecular complexity index is 1010. The zero-order chi connectivity index (χ0) is 24.7. The van der Waals surface area contributed by atoms with Gasteiger partial charge in [0.25, 0.3) is 11.7 Å². The maximum absolute atomic E-state index is 13.0. The molecule has 0 aliphatic carbocycles. The maximum atomic E-state index is 13.0. The summed E-state index contributed by atoms with van der Waals surface area (Å²) >= 11 is 0. The highest BCUT2D eigenvalue weighted by molar-refractivity contribution is 6.46. The quantitative estimate of drug-likeness (QED) is 0.223. The van der Waals surface area contributed by atoms with E-state index in [1.165, 1.54) is 12.0 Å². The normalized spacial score (nSPS) is 17.4. The SMILES string of the molecule is CCCCOc1ccc(C2/C(=C(/O)c3ccc(OC(C)C)cc3)C(=O)C(=O)N2CCOC)cc1. The number of ketones is 1. The van der Waals surface area contributed by atoms with Gasteiger partial charge in [-0.15, -0.1) is 0 Å². The summed E-state index contributed by atoms with van der Waals surface area (Å²) < 4.78 is 16.6. The summed E-state index contributed by atoms with van der Waals surface area (Å²) in [5.41, 5.74) is 1.20. The van der Waals surface area contributed by atoms with Gasteiger partial charge in [-0.25, -0.2) is 0 Å². The molecule has 1 fully saturated rings. The number of amides is 1. The van der Waals surface area contributed by atoms with Crippen LogP contribution >= 0.6 is 0 Å². The van der Waals surface area contributed by atoms with E-state index < -0.39 is 17.7 Å². The van der Waals surface area contributed by atoms with Crippen molar-refractivity contribution in [2.45, 2.75) is 45.8 Å². The number of Topliss-reactive ketones (excluding diaryl/α,β-unsaturated/α-hetero) is 1. The molecule has 1 saturated heterocycles. The van der Waals surface area contributed by atoms with Gasteiger partial charge in [0.15, 0.2) is 0 Å². The summed E-state index contributed by atoms with van der Waals surface area (Å²) in [6, 6.07) is 13.4. The highest BCUT2D eigenvalue weighted by atomic mass is 16.5. The summed E-state index contributed by atoms with van der Waals surface area (Å²) in [4.78, 5) is 27.4. The molecule has 182 valence electrons. The molecule has 1 aliphatic heterocycles. The summed E-state index contributed by atoms with van der Waals surface area (Å²) in [6.45, 7) is 7.06. The fourth-order valence-corrected chi connectivity index (χ4v) is 3.85. The van der Waals surface area contributed by atoms with Crippen molar-refractivity contribution in [1.82, 2.24) is 4.90 Å². The Morgan fingerprint density at radius 3 is 2.24 bits per heavy atom. The van der Waals surface area contributed by atoms with Gasteiger partial charge in [0.2, 0.25) is 0 Å². The number of methoxy groups -OCH3 is 1. The van der Waals surface area contributed by atoms with Crippen molar-refractivity contribution < 1.29 is 28.9 Å².